The molecule has 0 saturated heterocycles. The zero-order valence-corrected chi connectivity index (χ0v) is 12.4. The van der Waals surface area contributed by atoms with Crippen LogP contribution in [0.2, 0.25) is 0 Å². The number of hydrogen-bond donors (Lipinski definition) is 2. The highest BCUT2D eigenvalue weighted by Gasteiger charge is 2.28. The zero-order valence-electron chi connectivity index (χ0n) is 11.6. The van der Waals surface area contributed by atoms with Crippen LogP contribution in [0, 0.1) is 6.92 Å². The molecule has 2 N–H and O–H groups in total. The van der Waals surface area contributed by atoms with Gasteiger partial charge in [0.15, 0.2) is 5.76 Å². The van der Waals surface area contributed by atoms with Crippen LogP contribution < -0.4 is 4.72 Å². The molecule has 21 heavy (non-hydrogen) atoms. The smallest absolute Gasteiger partial charge is 0.242 e. The van der Waals surface area contributed by atoms with Crippen molar-refractivity contribution in [1.82, 2.24) is 14.4 Å². The Labute approximate surface area is 122 Å². The van der Waals surface area contributed by atoms with E-state index in [0.29, 0.717) is 23.2 Å². The average Bonchev–Trinajstić information content (AvgIpc) is 3.05. The van der Waals surface area contributed by atoms with Gasteiger partial charge in [0, 0.05) is 24.0 Å². The van der Waals surface area contributed by atoms with Crippen LogP contribution in [0.15, 0.2) is 27.7 Å². The second-order valence-electron chi connectivity index (χ2n) is 5.22. The maximum absolute atomic E-state index is 12.3. The molecule has 0 unspecified atom stereocenters. The lowest BCUT2D eigenvalue weighted by atomic mass is 10.4. The maximum atomic E-state index is 12.3. The standard InChI is InChI=1S/C13H17N3O4S/c1-9-4-12(20-15-9)6-14-21(18,19)13-5-11(8-17)16(7-13)10-2-3-10/h4-5,7,10,14,17H,2-3,6,8H2,1H3. The normalized spacial score (nSPS) is 15.5. The number of hydrogen-bond acceptors (Lipinski definition) is 5. The molecule has 0 spiro atoms. The Kier molecular flexibility index (Phi) is 3.60. The Bertz CT molecular complexity index is 743. The number of rotatable bonds is 6. The minimum Gasteiger partial charge on any atom is -0.390 e. The minimum atomic E-state index is -3.64. The fourth-order valence-corrected chi connectivity index (χ4v) is 3.25. The Morgan fingerprint density at radius 3 is 2.81 bits per heavy atom. The van der Waals surface area contributed by atoms with Gasteiger partial charge in [-0.3, -0.25) is 0 Å². The summed E-state index contributed by atoms with van der Waals surface area (Å²) in [6, 6.07) is 3.50. The summed E-state index contributed by atoms with van der Waals surface area (Å²) >= 11 is 0. The van der Waals surface area contributed by atoms with Gasteiger partial charge in [-0.15, -0.1) is 0 Å². The molecule has 1 fully saturated rings. The van der Waals surface area contributed by atoms with Gasteiger partial charge in [0.05, 0.1) is 23.7 Å². The molecule has 3 rings (SSSR count). The van der Waals surface area contributed by atoms with Gasteiger partial charge in [-0.1, -0.05) is 5.16 Å². The minimum absolute atomic E-state index is 0.0479. The SMILES string of the molecule is Cc1cc(CNS(=O)(=O)c2cc(CO)n(C3CC3)c2)on1. The topological polar surface area (TPSA) is 97.4 Å². The van der Waals surface area contributed by atoms with Crippen LogP contribution in [0.4, 0.5) is 0 Å². The zero-order chi connectivity index (χ0) is 15.0. The highest BCUT2D eigenvalue weighted by atomic mass is 32.2. The summed E-state index contributed by atoms with van der Waals surface area (Å²) < 4.78 is 33.8. The number of aromatic nitrogens is 2. The van der Waals surface area contributed by atoms with Crippen LogP contribution in [-0.2, 0) is 23.2 Å². The van der Waals surface area contributed by atoms with E-state index in [0.717, 1.165) is 12.8 Å². The number of aliphatic hydroxyl groups excluding tert-OH is 1. The highest BCUT2D eigenvalue weighted by Crippen LogP contribution is 2.37. The lowest BCUT2D eigenvalue weighted by Crippen LogP contribution is -2.22. The molecule has 8 heteroatoms. The molecular weight excluding hydrogens is 294 g/mol. The number of nitrogens with one attached hydrogen (secondary N) is 1. The van der Waals surface area contributed by atoms with Crippen LogP contribution in [0.25, 0.3) is 0 Å². The van der Waals surface area contributed by atoms with Gasteiger partial charge in [0.25, 0.3) is 0 Å². The molecule has 114 valence electrons. The van der Waals surface area contributed by atoms with Crippen LogP contribution >= 0.6 is 0 Å². The Morgan fingerprint density at radius 1 is 1.48 bits per heavy atom. The molecule has 0 atom stereocenters. The van der Waals surface area contributed by atoms with Gasteiger partial charge in [-0.2, -0.15) is 0 Å². The predicted octanol–water partition coefficient (Wildman–Crippen LogP) is 1.09. The van der Waals surface area contributed by atoms with Gasteiger partial charge in [-0.25, -0.2) is 13.1 Å². The molecule has 1 aliphatic carbocycles. The van der Waals surface area contributed by atoms with Crippen molar-refractivity contribution >= 4 is 10.0 Å². The third-order valence-electron chi connectivity index (χ3n) is 3.43. The van der Waals surface area contributed by atoms with Crippen molar-refractivity contribution in [3.05, 3.63) is 35.5 Å². The van der Waals surface area contributed by atoms with Gasteiger partial charge in [-0.05, 0) is 25.8 Å². The van der Waals surface area contributed by atoms with Crippen LogP contribution in [0.3, 0.4) is 0 Å². The summed E-state index contributed by atoms with van der Waals surface area (Å²) in [5.41, 5.74) is 1.32. The van der Waals surface area contributed by atoms with Crippen molar-refractivity contribution in [2.75, 3.05) is 0 Å². The van der Waals surface area contributed by atoms with Gasteiger partial charge in [0.2, 0.25) is 10.0 Å². The second kappa shape index (κ2) is 5.28. The molecule has 0 amide bonds. The van der Waals surface area contributed by atoms with E-state index in [9.17, 15) is 13.5 Å². The number of nitrogens with zero attached hydrogens (tertiary/aromatic N) is 2. The van der Waals surface area contributed by atoms with E-state index in [4.69, 9.17) is 4.52 Å². The van der Waals surface area contributed by atoms with Crippen molar-refractivity contribution in [2.24, 2.45) is 0 Å². The Balaban J connectivity index is 1.77. The quantitative estimate of drug-likeness (QED) is 0.832. The van der Waals surface area contributed by atoms with E-state index in [-0.39, 0.29) is 18.0 Å². The van der Waals surface area contributed by atoms with E-state index in [1.807, 2.05) is 4.57 Å². The van der Waals surface area contributed by atoms with E-state index in [1.165, 1.54) is 6.07 Å². The molecule has 7 nitrogen and oxygen atoms in total. The summed E-state index contributed by atoms with van der Waals surface area (Å²) in [5, 5.41) is 13.0. The van der Waals surface area contributed by atoms with E-state index < -0.39 is 10.0 Å². The fraction of sp³-hybridized carbons (Fsp3) is 0.462. The summed E-state index contributed by atoms with van der Waals surface area (Å²) in [6.07, 6.45) is 3.62. The first-order valence-corrected chi connectivity index (χ1v) is 8.21. The molecule has 0 radical (unpaired) electrons. The lowest BCUT2D eigenvalue weighted by Gasteiger charge is -2.03. The molecule has 1 aliphatic rings. The first kappa shape index (κ1) is 14.3. The highest BCUT2D eigenvalue weighted by molar-refractivity contribution is 7.89. The molecule has 2 aromatic rings. The lowest BCUT2D eigenvalue weighted by molar-refractivity contribution is 0.270. The summed E-state index contributed by atoms with van der Waals surface area (Å²) in [7, 11) is -3.64. The average molecular weight is 311 g/mol. The van der Waals surface area contributed by atoms with E-state index in [1.54, 1.807) is 19.2 Å². The second-order valence-corrected chi connectivity index (χ2v) is 6.99. The molecule has 0 aliphatic heterocycles. The molecule has 0 bridgehead atoms. The molecule has 1 saturated carbocycles. The van der Waals surface area contributed by atoms with Gasteiger partial charge >= 0.3 is 0 Å². The first-order valence-electron chi connectivity index (χ1n) is 6.73. The van der Waals surface area contributed by atoms with Crippen molar-refractivity contribution in [3.8, 4) is 0 Å². The van der Waals surface area contributed by atoms with E-state index >= 15 is 0 Å². The van der Waals surface area contributed by atoms with Gasteiger partial charge in [0.1, 0.15) is 0 Å². The Morgan fingerprint density at radius 2 is 2.24 bits per heavy atom. The summed E-state index contributed by atoms with van der Waals surface area (Å²) in [5.74, 6) is 0.458. The van der Waals surface area contributed by atoms with Crippen LogP contribution in [0.1, 0.15) is 36.0 Å². The number of aryl methyl sites for hydroxylation is 1. The first-order chi connectivity index (χ1) is 9.99. The third-order valence-corrected chi connectivity index (χ3v) is 4.80. The van der Waals surface area contributed by atoms with Crippen molar-refractivity contribution in [1.29, 1.82) is 0 Å². The number of sulfonamides is 1. The van der Waals surface area contributed by atoms with Crippen molar-refractivity contribution in [2.45, 2.75) is 43.9 Å². The largest absolute Gasteiger partial charge is 0.390 e. The molecular formula is C13H17N3O4S. The predicted molar refractivity (Wildman–Crippen MR) is 73.9 cm³/mol. The van der Waals surface area contributed by atoms with Crippen molar-refractivity contribution in [3.63, 3.8) is 0 Å². The maximum Gasteiger partial charge on any atom is 0.242 e. The van der Waals surface area contributed by atoms with Crippen LogP contribution in [-0.4, -0.2) is 23.2 Å². The molecule has 0 aromatic carbocycles. The van der Waals surface area contributed by atoms with E-state index in [2.05, 4.69) is 9.88 Å². The van der Waals surface area contributed by atoms with Crippen molar-refractivity contribution < 1.29 is 18.0 Å². The Hall–Kier alpha value is -1.64. The van der Waals surface area contributed by atoms with Gasteiger partial charge < -0.3 is 14.2 Å². The monoisotopic (exact) mass is 311 g/mol. The number of aliphatic hydroxyl groups is 1. The fourth-order valence-electron chi connectivity index (χ4n) is 2.21. The molecule has 2 heterocycles. The summed E-state index contributed by atoms with van der Waals surface area (Å²) in [4.78, 5) is 0.162. The summed E-state index contributed by atoms with van der Waals surface area (Å²) in [6.45, 7) is 1.64. The molecule has 2 aromatic heterocycles. The third kappa shape index (κ3) is 3.02. The van der Waals surface area contributed by atoms with Crippen LogP contribution in [0.5, 0.6) is 0 Å².